The molecule has 0 aliphatic heterocycles. The number of anilines is 1. The number of hydrogen-bond acceptors (Lipinski definition) is 4. The Balaban J connectivity index is 2.11. The Hall–Kier alpha value is -2.05. The highest BCUT2D eigenvalue weighted by Gasteiger charge is 2.38. The molecule has 0 spiro atoms. The molecule has 2 rings (SSSR count). The molecule has 18 heavy (non-hydrogen) atoms. The van der Waals surface area contributed by atoms with E-state index in [0.717, 1.165) is 11.3 Å². The van der Waals surface area contributed by atoms with Gasteiger partial charge in [-0.3, -0.25) is 0 Å². The number of halogens is 3. The van der Waals surface area contributed by atoms with Gasteiger partial charge in [0.25, 0.3) is 0 Å². The van der Waals surface area contributed by atoms with Crippen molar-refractivity contribution in [2.75, 3.05) is 12.4 Å². The van der Waals surface area contributed by atoms with Crippen molar-refractivity contribution in [3.63, 3.8) is 0 Å². The molecular formula is C11H10F3N3O. The molecule has 0 atom stereocenters. The van der Waals surface area contributed by atoms with Gasteiger partial charge in [-0.1, -0.05) is 17.3 Å². The molecule has 0 amide bonds. The average Bonchev–Trinajstić information content (AvgIpc) is 2.78. The zero-order chi connectivity index (χ0) is 13.2. The van der Waals surface area contributed by atoms with E-state index >= 15 is 0 Å². The van der Waals surface area contributed by atoms with Gasteiger partial charge in [0.05, 0.1) is 0 Å². The van der Waals surface area contributed by atoms with E-state index in [-0.39, 0.29) is 12.2 Å². The lowest BCUT2D eigenvalue weighted by atomic mass is 10.1. The highest BCUT2D eigenvalue weighted by atomic mass is 19.4. The molecule has 0 aliphatic rings. The van der Waals surface area contributed by atoms with Crippen LogP contribution in [0.1, 0.15) is 17.3 Å². The van der Waals surface area contributed by atoms with Crippen LogP contribution in [0.25, 0.3) is 0 Å². The minimum Gasteiger partial charge on any atom is -0.388 e. The molecule has 0 unspecified atom stereocenters. The van der Waals surface area contributed by atoms with Gasteiger partial charge in [0.15, 0.2) is 5.82 Å². The summed E-state index contributed by atoms with van der Waals surface area (Å²) in [4.78, 5) is 3.30. The van der Waals surface area contributed by atoms with Crippen molar-refractivity contribution in [2.24, 2.45) is 0 Å². The minimum absolute atomic E-state index is 0.0135. The summed E-state index contributed by atoms with van der Waals surface area (Å²) >= 11 is 0. The Labute approximate surface area is 101 Å². The maximum Gasteiger partial charge on any atom is 0.471 e. The number of aromatic nitrogens is 2. The monoisotopic (exact) mass is 257 g/mol. The van der Waals surface area contributed by atoms with Crippen LogP contribution in [0.4, 0.5) is 18.9 Å². The Morgan fingerprint density at radius 1 is 1.22 bits per heavy atom. The molecule has 1 aromatic carbocycles. The molecule has 2 aromatic rings. The van der Waals surface area contributed by atoms with Gasteiger partial charge in [0, 0.05) is 19.2 Å². The van der Waals surface area contributed by atoms with E-state index in [2.05, 4.69) is 20.0 Å². The Bertz CT molecular complexity index is 519. The third kappa shape index (κ3) is 2.79. The SMILES string of the molecule is CNc1ccc(Cc2noc(C(F)(F)F)n2)cc1. The Morgan fingerprint density at radius 3 is 2.39 bits per heavy atom. The maximum absolute atomic E-state index is 12.2. The van der Waals surface area contributed by atoms with Gasteiger partial charge in [-0.05, 0) is 17.7 Å². The lowest BCUT2D eigenvalue weighted by molar-refractivity contribution is -0.159. The maximum atomic E-state index is 12.2. The summed E-state index contributed by atoms with van der Waals surface area (Å²) in [5.41, 5.74) is 1.73. The topological polar surface area (TPSA) is 51.0 Å². The number of hydrogen-bond donors (Lipinski definition) is 1. The van der Waals surface area contributed by atoms with Crippen molar-refractivity contribution in [2.45, 2.75) is 12.6 Å². The van der Waals surface area contributed by atoms with Crippen LogP contribution in [0.15, 0.2) is 28.8 Å². The van der Waals surface area contributed by atoms with Gasteiger partial charge in [-0.15, -0.1) is 0 Å². The van der Waals surface area contributed by atoms with Gasteiger partial charge in [0.2, 0.25) is 0 Å². The lowest BCUT2D eigenvalue weighted by Crippen LogP contribution is -2.05. The van der Waals surface area contributed by atoms with Gasteiger partial charge in [0.1, 0.15) is 0 Å². The summed E-state index contributed by atoms with van der Waals surface area (Å²) in [6.07, 6.45) is -4.40. The molecule has 0 bridgehead atoms. The third-order valence-corrected chi connectivity index (χ3v) is 2.32. The molecule has 7 heteroatoms. The zero-order valence-corrected chi connectivity index (χ0v) is 9.45. The molecule has 1 N–H and O–H groups in total. The van der Waals surface area contributed by atoms with E-state index in [1.807, 2.05) is 12.1 Å². The largest absolute Gasteiger partial charge is 0.471 e. The predicted molar refractivity (Wildman–Crippen MR) is 58.1 cm³/mol. The molecule has 1 aromatic heterocycles. The van der Waals surface area contributed by atoms with Crippen LogP contribution in [-0.2, 0) is 12.6 Å². The summed E-state index contributed by atoms with van der Waals surface area (Å²) in [5, 5.41) is 6.24. The average molecular weight is 257 g/mol. The Kier molecular flexibility index (Phi) is 3.22. The second-order valence-corrected chi connectivity index (χ2v) is 3.64. The molecule has 0 saturated carbocycles. The van der Waals surface area contributed by atoms with Crippen molar-refractivity contribution >= 4 is 5.69 Å². The van der Waals surface area contributed by atoms with Crippen LogP contribution in [-0.4, -0.2) is 17.2 Å². The van der Waals surface area contributed by atoms with Crippen LogP contribution in [0.2, 0.25) is 0 Å². The number of alkyl halides is 3. The van der Waals surface area contributed by atoms with Crippen LogP contribution >= 0.6 is 0 Å². The normalized spacial score (nSPS) is 11.6. The van der Waals surface area contributed by atoms with Crippen molar-refractivity contribution in [3.8, 4) is 0 Å². The lowest BCUT2D eigenvalue weighted by Gasteiger charge is -2.01. The van der Waals surface area contributed by atoms with Gasteiger partial charge >= 0.3 is 12.1 Å². The van der Waals surface area contributed by atoms with E-state index in [4.69, 9.17) is 0 Å². The molecule has 1 heterocycles. The van der Waals surface area contributed by atoms with Gasteiger partial charge in [-0.2, -0.15) is 18.2 Å². The van der Waals surface area contributed by atoms with Crippen LogP contribution in [0.5, 0.6) is 0 Å². The van der Waals surface area contributed by atoms with Crippen molar-refractivity contribution in [1.29, 1.82) is 0 Å². The van der Waals surface area contributed by atoms with E-state index in [9.17, 15) is 13.2 Å². The van der Waals surface area contributed by atoms with Crippen molar-refractivity contribution in [1.82, 2.24) is 10.1 Å². The fourth-order valence-corrected chi connectivity index (χ4v) is 1.41. The highest BCUT2D eigenvalue weighted by molar-refractivity contribution is 5.44. The van der Waals surface area contributed by atoms with Crippen molar-refractivity contribution < 1.29 is 17.7 Å². The van der Waals surface area contributed by atoms with E-state index in [0.29, 0.717) is 0 Å². The summed E-state index contributed by atoms with van der Waals surface area (Å²) < 4.78 is 40.9. The van der Waals surface area contributed by atoms with Gasteiger partial charge < -0.3 is 9.84 Å². The predicted octanol–water partition coefficient (Wildman–Crippen LogP) is 2.72. The van der Waals surface area contributed by atoms with E-state index < -0.39 is 12.1 Å². The molecular weight excluding hydrogens is 247 g/mol. The van der Waals surface area contributed by atoms with E-state index in [1.165, 1.54) is 0 Å². The summed E-state index contributed by atoms with van der Waals surface area (Å²) in [5.74, 6) is -1.30. The van der Waals surface area contributed by atoms with E-state index in [1.54, 1.807) is 19.2 Å². The number of nitrogens with zero attached hydrogens (tertiary/aromatic N) is 2. The molecule has 0 fully saturated rings. The summed E-state index contributed by atoms with van der Waals surface area (Å²) in [6, 6.07) is 7.21. The first kappa shape index (κ1) is 12.4. The molecule has 4 nitrogen and oxygen atoms in total. The molecule has 96 valence electrons. The number of rotatable bonds is 3. The molecule has 0 radical (unpaired) electrons. The first-order valence-electron chi connectivity index (χ1n) is 5.15. The summed E-state index contributed by atoms with van der Waals surface area (Å²) in [6.45, 7) is 0. The number of nitrogens with one attached hydrogen (secondary N) is 1. The first-order valence-corrected chi connectivity index (χ1v) is 5.15. The van der Waals surface area contributed by atoms with Crippen LogP contribution < -0.4 is 5.32 Å². The standard InChI is InChI=1S/C11H10F3N3O/c1-15-8-4-2-7(3-5-8)6-9-16-10(18-17-9)11(12,13)14/h2-5,15H,6H2,1H3. The van der Waals surface area contributed by atoms with Crippen LogP contribution in [0, 0.1) is 0 Å². The quantitative estimate of drug-likeness (QED) is 0.918. The Morgan fingerprint density at radius 2 is 1.89 bits per heavy atom. The fraction of sp³-hybridized carbons (Fsp3) is 0.273. The second kappa shape index (κ2) is 4.67. The summed E-state index contributed by atoms with van der Waals surface area (Å²) in [7, 11) is 1.78. The number of benzene rings is 1. The first-order chi connectivity index (χ1) is 8.49. The smallest absolute Gasteiger partial charge is 0.388 e. The molecule has 0 aliphatic carbocycles. The minimum atomic E-state index is -4.60. The highest BCUT2D eigenvalue weighted by Crippen LogP contribution is 2.27. The zero-order valence-electron chi connectivity index (χ0n) is 9.45. The molecule has 0 saturated heterocycles. The van der Waals surface area contributed by atoms with Gasteiger partial charge in [-0.25, -0.2) is 0 Å². The third-order valence-electron chi connectivity index (χ3n) is 2.32. The fourth-order valence-electron chi connectivity index (χ4n) is 1.41. The second-order valence-electron chi connectivity index (χ2n) is 3.64. The van der Waals surface area contributed by atoms with Crippen molar-refractivity contribution in [3.05, 3.63) is 41.5 Å². The van der Waals surface area contributed by atoms with Crippen LogP contribution in [0.3, 0.4) is 0 Å².